The topological polar surface area (TPSA) is 15.3 Å². The third-order valence-corrected chi connectivity index (χ3v) is 6.21. The van der Waals surface area contributed by atoms with E-state index in [2.05, 4.69) is 62.7 Å². The van der Waals surface area contributed by atoms with Crippen LogP contribution in [-0.4, -0.2) is 35.0 Å². The predicted octanol–water partition coefficient (Wildman–Crippen LogP) is 4.13. The van der Waals surface area contributed by atoms with E-state index in [1.54, 1.807) is 0 Å². The number of hydrogen-bond donors (Lipinski definition) is 1. The lowest BCUT2D eigenvalue weighted by Crippen LogP contribution is -2.42. The summed E-state index contributed by atoms with van der Waals surface area (Å²) in [5.74, 6) is 1.98. The molecule has 1 fully saturated rings. The van der Waals surface area contributed by atoms with Crippen molar-refractivity contribution in [3.63, 3.8) is 0 Å². The molecule has 2 nitrogen and oxygen atoms in total. The van der Waals surface area contributed by atoms with Crippen molar-refractivity contribution in [2.24, 2.45) is 5.92 Å². The maximum Gasteiger partial charge on any atom is 0.0300 e. The molecule has 0 radical (unpaired) electrons. The highest BCUT2D eigenvalue weighted by atomic mass is 32.2. The fraction of sp³-hybridized carbons (Fsp3) is 0.765. The Labute approximate surface area is 138 Å². The summed E-state index contributed by atoms with van der Waals surface area (Å²) in [7, 11) is 0. The summed E-state index contributed by atoms with van der Waals surface area (Å²) < 4.78 is 0.407. The molecule has 1 aliphatic heterocycles. The molecule has 21 heavy (non-hydrogen) atoms. The Bertz CT molecular complexity index is 452. The van der Waals surface area contributed by atoms with Crippen molar-refractivity contribution >= 4 is 23.1 Å². The molecule has 0 spiro atoms. The highest BCUT2D eigenvalue weighted by molar-refractivity contribution is 8.00. The van der Waals surface area contributed by atoms with Gasteiger partial charge >= 0.3 is 0 Å². The van der Waals surface area contributed by atoms with Gasteiger partial charge in [-0.1, -0.05) is 13.8 Å². The number of hydrogen-bond acceptors (Lipinski definition) is 4. The molecule has 1 aromatic heterocycles. The van der Waals surface area contributed by atoms with E-state index in [-0.39, 0.29) is 0 Å². The molecule has 2 heterocycles. The maximum absolute atomic E-state index is 3.55. The zero-order chi connectivity index (χ0) is 15.5. The van der Waals surface area contributed by atoms with Crippen LogP contribution in [-0.2, 0) is 13.1 Å². The van der Waals surface area contributed by atoms with Crippen molar-refractivity contribution in [1.82, 2.24) is 10.2 Å². The third kappa shape index (κ3) is 5.59. The first-order valence-electron chi connectivity index (χ1n) is 8.01. The number of rotatable bonds is 6. The van der Waals surface area contributed by atoms with Gasteiger partial charge in [0.2, 0.25) is 0 Å². The van der Waals surface area contributed by atoms with E-state index in [0.29, 0.717) is 4.75 Å². The van der Waals surface area contributed by atoms with E-state index in [1.165, 1.54) is 34.2 Å². The van der Waals surface area contributed by atoms with Crippen LogP contribution >= 0.6 is 23.1 Å². The molecular weight excluding hydrogens is 296 g/mol. The Kier molecular flexibility index (Phi) is 6.18. The Morgan fingerprint density at radius 3 is 2.81 bits per heavy atom. The Hall–Kier alpha value is -0.0300. The van der Waals surface area contributed by atoms with Gasteiger partial charge in [0.1, 0.15) is 0 Å². The number of thiophene rings is 1. The van der Waals surface area contributed by atoms with Crippen molar-refractivity contribution in [3.8, 4) is 0 Å². The first kappa shape index (κ1) is 17.3. The van der Waals surface area contributed by atoms with Gasteiger partial charge in [-0.3, -0.25) is 4.90 Å². The minimum Gasteiger partial charge on any atom is -0.312 e. The van der Waals surface area contributed by atoms with Crippen LogP contribution in [0.2, 0.25) is 0 Å². The second kappa shape index (κ2) is 7.49. The summed E-state index contributed by atoms with van der Waals surface area (Å²) in [5, 5.41) is 3.55. The molecule has 0 saturated carbocycles. The molecule has 0 atom stereocenters. The lowest BCUT2D eigenvalue weighted by Gasteiger charge is -2.37. The fourth-order valence-electron chi connectivity index (χ4n) is 2.81. The van der Waals surface area contributed by atoms with Gasteiger partial charge in [0.05, 0.1) is 0 Å². The van der Waals surface area contributed by atoms with Crippen LogP contribution in [0.25, 0.3) is 0 Å². The van der Waals surface area contributed by atoms with E-state index in [9.17, 15) is 0 Å². The van der Waals surface area contributed by atoms with Crippen molar-refractivity contribution in [2.75, 3.05) is 25.4 Å². The van der Waals surface area contributed by atoms with E-state index in [4.69, 9.17) is 0 Å². The first-order chi connectivity index (χ1) is 9.85. The largest absolute Gasteiger partial charge is 0.312 e. The van der Waals surface area contributed by atoms with Crippen molar-refractivity contribution in [3.05, 3.63) is 21.4 Å². The normalized spacial score (nSPS) is 19.3. The summed E-state index contributed by atoms with van der Waals surface area (Å²) in [6.07, 6.45) is 0. The lowest BCUT2D eigenvalue weighted by atomic mass is 10.1. The average Bonchev–Trinajstić information content (AvgIpc) is 2.68. The minimum atomic E-state index is 0.407. The minimum absolute atomic E-state index is 0.407. The Morgan fingerprint density at radius 1 is 1.38 bits per heavy atom. The second-order valence-corrected chi connectivity index (χ2v) is 10.3. The van der Waals surface area contributed by atoms with Gasteiger partial charge in [0.15, 0.2) is 0 Å². The Morgan fingerprint density at radius 2 is 2.14 bits per heavy atom. The molecule has 1 saturated heterocycles. The van der Waals surface area contributed by atoms with E-state index >= 15 is 0 Å². The molecule has 0 aliphatic carbocycles. The van der Waals surface area contributed by atoms with Gasteiger partial charge in [0.25, 0.3) is 0 Å². The predicted molar refractivity (Wildman–Crippen MR) is 97.4 cm³/mol. The van der Waals surface area contributed by atoms with Crippen LogP contribution in [0.1, 0.15) is 43.0 Å². The molecule has 1 aliphatic rings. The van der Waals surface area contributed by atoms with E-state index in [1.807, 2.05) is 11.3 Å². The van der Waals surface area contributed by atoms with Crippen LogP contribution in [0.5, 0.6) is 0 Å². The van der Waals surface area contributed by atoms with Crippen molar-refractivity contribution in [2.45, 2.75) is 52.5 Å². The molecule has 4 heteroatoms. The number of thioether (sulfide) groups is 1. The third-order valence-electron chi connectivity index (χ3n) is 3.82. The molecule has 0 aromatic carbocycles. The number of nitrogens with zero attached hydrogens (tertiary/aromatic N) is 1. The van der Waals surface area contributed by atoms with Crippen LogP contribution in [0.4, 0.5) is 0 Å². The second-order valence-electron chi connectivity index (χ2n) is 7.14. The molecular formula is C17H30N2S2. The molecule has 120 valence electrons. The van der Waals surface area contributed by atoms with Crippen LogP contribution in [0.3, 0.4) is 0 Å². The SMILES string of the molecule is Cc1sc(CNCC(C)C)cc1CN1CCSC(C)(C)C1. The maximum atomic E-state index is 3.55. The molecule has 0 unspecified atom stereocenters. The zero-order valence-electron chi connectivity index (χ0n) is 14.2. The number of nitrogens with one attached hydrogen (secondary N) is 1. The summed E-state index contributed by atoms with van der Waals surface area (Å²) in [6, 6.07) is 2.42. The van der Waals surface area contributed by atoms with Gasteiger partial charge < -0.3 is 5.32 Å². The summed E-state index contributed by atoms with van der Waals surface area (Å²) in [4.78, 5) is 5.60. The molecule has 1 aromatic rings. The van der Waals surface area contributed by atoms with E-state index in [0.717, 1.165) is 25.6 Å². The van der Waals surface area contributed by atoms with Crippen molar-refractivity contribution in [1.29, 1.82) is 0 Å². The van der Waals surface area contributed by atoms with Crippen molar-refractivity contribution < 1.29 is 0 Å². The molecule has 0 amide bonds. The zero-order valence-corrected chi connectivity index (χ0v) is 15.8. The summed E-state index contributed by atoms with van der Waals surface area (Å²) >= 11 is 4.07. The Balaban J connectivity index is 1.90. The van der Waals surface area contributed by atoms with Gasteiger partial charge in [-0.05, 0) is 44.9 Å². The van der Waals surface area contributed by atoms with Crippen LogP contribution in [0.15, 0.2) is 6.07 Å². The fourth-order valence-corrected chi connectivity index (χ4v) is 5.01. The molecule has 2 rings (SSSR count). The summed E-state index contributed by atoms with van der Waals surface area (Å²) in [6.45, 7) is 17.2. The smallest absolute Gasteiger partial charge is 0.0300 e. The van der Waals surface area contributed by atoms with Gasteiger partial charge in [0, 0.05) is 46.4 Å². The highest BCUT2D eigenvalue weighted by Gasteiger charge is 2.27. The average molecular weight is 327 g/mol. The number of aryl methyl sites for hydroxylation is 1. The van der Waals surface area contributed by atoms with Gasteiger partial charge in [-0.15, -0.1) is 11.3 Å². The first-order valence-corrected chi connectivity index (χ1v) is 9.81. The van der Waals surface area contributed by atoms with Crippen LogP contribution in [0, 0.1) is 12.8 Å². The monoisotopic (exact) mass is 326 g/mol. The standard InChI is InChI=1S/C17H30N2S2/c1-13(2)9-18-10-16-8-15(14(3)21-16)11-19-6-7-20-17(4,5)12-19/h8,13,18H,6-7,9-12H2,1-5H3. The van der Waals surface area contributed by atoms with Gasteiger partial charge in [-0.25, -0.2) is 0 Å². The quantitative estimate of drug-likeness (QED) is 0.846. The van der Waals surface area contributed by atoms with Gasteiger partial charge in [-0.2, -0.15) is 11.8 Å². The van der Waals surface area contributed by atoms with E-state index < -0.39 is 0 Å². The molecule has 1 N–H and O–H groups in total. The lowest BCUT2D eigenvalue weighted by molar-refractivity contribution is 0.252. The highest BCUT2D eigenvalue weighted by Crippen LogP contribution is 2.31. The van der Waals surface area contributed by atoms with Crippen LogP contribution < -0.4 is 5.32 Å². The summed E-state index contributed by atoms with van der Waals surface area (Å²) in [5.41, 5.74) is 1.53. The molecule has 0 bridgehead atoms.